The predicted molar refractivity (Wildman–Crippen MR) is 131 cm³/mol. The van der Waals surface area contributed by atoms with Gasteiger partial charge in [0.25, 0.3) is 11.6 Å². The second kappa shape index (κ2) is 11.7. The van der Waals surface area contributed by atoms with Crippen molar-refractivity contribution in [2.24, 2.45) is 5.10 Å². The van der Waals surface area contributed by atoms with Crippen LogP contribution in [0.25, 0.3) is 0 Å². The number of ether oxygens (including phenoxy) is 4. The van der Waals surface area contributed by atoms with Crippen molar-refractivity contribution in [3.05, 3.63) is 86.4 Å². The van der Waals surface area contributed by atoms with Gasteiger partial charge in [-0.15, -0.1) is 0 Å². The number of esters is 1. The quantitative estimate of drug-likeness (QED) is 0.147. The lowest BCUT2D eigenvalue weighted by atomic mass is 10.1. The summed E-state index contributed by atoms with van der Waals surface area (Å²) in [6.45, 7) is 0. The number of nitrogens with one attached hydrogen (secondary N) is 1. The van der Waals surface area contributed by atoms with Gasteiger partial charge in [-0.2, -0.15) is 5.10 Å². The van der Waals surface area contributed by atoms with Gasteiger partial charge in [-0.25, -0.2) is 10.2 Å². The first-order valence-electron chi connectivity index (χ1n) is 10.2. The van der Waals surface area contributed by atoms with Gasteiger partial charge in [0, 0.05) is 28.3 Å². The first-order valence-corrected chi connectivity index (χ1v) is 10.5. The molecule has 0 aliphatic rings. The van der Waals surface area contributed by atoms with Crippen molar-refractivity contribution in [2.45, 2.75) is 0 Å². The van der Waals surface area contributed by atoms with E-state index >= 15 is 0 Å². The summed E-state index contributed by atoms with van der Waals surface area (Å²) in [5.41, 5.74) is 2.75. The van der Waals surface area contributed by atoms with Crippen LogP contribution in [0, 0.1) is 10.1 Å². The SMILES string of the molecule is COc1cc(C(=O)Oc2ccc(Cl)cc2/C=N/NC(=O)c2ccc([N+](=O)[O-])cc2)cc(OC)c1OC. The van der Waals surface area contributed by atoms with Gasteiger partial charge in [0.1, 0.15) is 5.75 Å². The number of methoxy groups -OCH3 is 3. The lowest BCUT2D eigenvalue weighted by Gasteiger charge is -2.14. The Morgan fingerprint density at radius 1 is 0.917 bits per heavy atom. The molecule has 0 aromatic heterocycles. The highest BCUT2D eigenvalue weighted by Crippen LogP contribution is 2.38. The Morgan fingerprint density at radius 3 is 2.11 bits per heavy atom. The normalized spacial score (nSPS) is 10.6. The smallest absolute Gasteiger partial charge is 0.343 e. The molecule has 3 aromatic rings. The minimum absolute atomic E-state index is 0.117. The maximum absolute atomic E-state index is 12.9. The molecular formula is C24H20ClN3O8. The van der Waals surface area contributed by atoms with E-state index in [2.05, 4.69) is 10.5 Å². The van der Waals surface area contributed by atoms with Crippen LogP contribution in [-0.2, 0) is 0 Å². The van der Waals surface area contributed by atoms with Crippen LogP contribution < -0.4 is 24.4 Å². The van der Waals surface area contributed by atoms with Gasteiger partial charge in [0.05, 0.1) is 38.0 Å². The van der Waals surface area contributed by atoms with Crippen LogP contribution in [0.3, 0.4) is 0 Å². The van der Waals surface area contributed by atoms with Gasteiger partial charge in [-0.3, -0.25) is 14.9 Å². The van der Waals surface area contributed by atoms with Gasteiger partial charge in [-0.1, -0.05) is 11.6 Å². The molecule has 0 bridgehead atoms. The van der Waals surface area contributed by atoms with Crippen molar-refractivity contribution >= 4 is 35.4 Å². The number of hydrazone groups is 1. The maximum atomic E-state index is 12.9. The number of carbonyl (C=O) groups excluding carboxylic acids is 2. The number of hydrogen-bond donors (Lipinski definition) is 1. The molecule has 0 spiro atoms. The molecule has 12 heteroatoms. The molecule has 3 aromatic carbocycles. The lowest BCUT2D eigenvalue weighted by molar-refractivity contribution is -0.384. The number of carbonyl (C=O) groups is 2. The number of nitro benzene ring substituents is 1. The molecule has 0 aliphatic carbocycles. The van der Waals surface area contributed by atoms with E-state index in [0.29, 0.717) is 16.3 Å². The largest absolute Gasteiger partial charge is 0.493 e. The molecule has 1 amide bonds. The Morgan fingerprint density at radius 2 is 1.56 bits per heavy atom. The molecule has 186 valence electrons. The van der Waals surface area contributed by atoms with Crippen LogP contribution >= 0.6 is 11.6 Å². The summed E-state index contributed by atoms with van der Waals surface area (Å²) < 4.78 is 21.3. The van der Waals surface area contributed by atoms with Crippen LogP contribution in [0.2, 0.25) is 5.02 Å². The van der Waals surface area contributed by atoms with Crippen molar-refractivity contribution in [1.82, 2.24) is 5.43 Å². The van der Waals surface area contributed by atoms with E-state index < -0.39 is 16.8 Å². The highest BCUT2D eigenvalue weighted by molar-refractivity contribution is 6.31. The zero-order valence-electron chi connectivity index (χ0n) is 19.3. The van der Waals surface area contributed by atoms with Crippen molar-refractivity contribution in [3.8, 4) is 23.0 Å². The lowest BCUT2D eigenvalue weighted by Crippen LogP contribution is -2.17. The number of nitro groups is 1. The highest BCUT2D eigenvalue weighted by atomic mass is 35.5. The van der Waals surface area contributed by atoms with Gasteiger partial charge in [-0.05, 0) is 42.5 Å². The third kappa shape index (κ3) is 6.07. The van der Waals surface area contributed by atoms with Crippen LogP contribution in [0.15, 0.2) is 59.7 Å². The molecule has 0 saturated carbocycles. The van der Waals surface area contributed by atoms with Crippen molar-refractivity contribution in [1.29, 1.82) is 0 Å². The fourth-order valence-electron chi connectivity index (χ4n) is 3.03. The average Bonchev–Trinajstić information content (AvgIpc) is 2.88. The number of benzene rings is 3. The van der Waals surface area contributed by atoms with Gasteiger partial charge >= 0.3 is 5.97 Å². The molecule has 0 saturated heterocycles. The minimum atomic E-state index is -0.721. The van der Waals surface area contributed by atoms with Gasteiger partial charge < -0.3 is 18.9 Å². The fourth-order valence-corrected chi connectivity index (χ4v) is 3.21. The number of hydrogen-bond acceptors (Lipinski definition) is 9. The molecule has 0 atom stereocenters. The van der Waals surface area contributed by atoms with E-state index in [-0.39, 0.29) is 34.1 Å². The van der Waals surface area contributed by atoms with E-state index in [0.717, 1.165) is 0 Å². The molecular weight excluding hydrogens is 494 g/mol. The fraction of sp³-hybridized carbons (Fsp3) is 0.125. The summed E-state index contributed by atoms with van der Waals surface area (Å²) in [5.74, 6) is -0.335. The first kappa shape index (κ1) is 26.0. The van der Waals surface area contributed by atoms with Crippen LogP contribution in [0.4, 0.5) is 5.69 Å². The Balaban J connectivity index is 1.79. The number of non-ortho nitro benzene ring substituents is 1. The topological polar surface area (TPSA) is 139 Å². The molecule has 0 aliphatic heterocycles. The Labute approximate surface area is 210 Å². The van der Waals surface area contributed by atoms with E-state index in [1.54, 1.807) is 0 Å². The van der Waals surface area contributed by atoms with E-state index in [9.17, 15) is 19.7 Å². The first-order chi connectivity index (χ1) is 17.3. The second-order valence-electron chi connectivity index (χ2n) is 6.99. The summed E-state index contributed by atoms with van der Waals surface area (Å²) in [4.78, 5) is 35.3. The zero-order valence-corrected chi connectivity index (χ0v) is 20.1. The average molecular weight is 514 g/mol. The Bertz CT molecular complexity index is 1300. The monoisotopic (exact) mass is 513 g/mol. The molecule has 0 radical (unpaired) electrons. The number of nitrogens with zero attached hydrogens (tertiary/aromatic N) is 2. The summed E-state index contributed by atoms with van der Waals surface area (Å²) >= 11 is 6.07. The summed E-state index contributed by atoms with van der Waals surface area (Å²) in [5, 5.41) is 15.0. The maximum Gasteiger partial charge on any atom is 0.343 e. The van der Waals surface area contributed by atoms with Crippen LogP contribution in [-0.4, -0.2) is 44.3 Å². The predicted octanol–water partition coefficient (Wildman–Crippen LogP) is 4.26. The molecule has 3 rings (SSSR count). The molecule has 0 fully saturated rings. The second-order valence-corrected chi connectivity index (χ2v) is 7.43. The standard InChI is InChI=1S/C24H20ClN3O8/c1-33-20-11-15(12-21(34-2)22(20)35-3)24(30)36-19-9-6-17(25)10-16(19)13-26-27-23(29)14-4-7-18(8-5-14)28(31)32/h4-13H,1-3H3,(H,27,29)/b26-13+. The van der Waals surface area contributed by atoms with Crippen LogP contribution in [0.5, 0.6) is 23.0 Å². The molecule has 0 heterocycles. The van der Waals surface area contributed by atoms with Gasteiger partial charge in [0.15, 0.2) is 11.5 Å². The van der Waals surface area contributed by atoms with E-state index in [4.69, 9.17) is 30.5 Å². The minimum Gasteiger partial charge on any atom is -0.493 e. The van der Waals surface area contributed by atoms with E-state index in [1.165, 1.54) is 82.1 Å². The summed E-state index contributed by atoms with van der Waals surface area (Å²) in [6, 6.07) is 12.4. The molecule has 11 nitrogen and oxygen atoms in total. The molecule has 36 heavy (non-hydrogen) atoms. The van der Waals surface area contributed by atoms with Crippen molar-refractivity contribution in [3.63, 3.8) is 0 Å². The summed E-state index contributed by atoms with van der Waals surface area (Å²) in [7, 11) is 4.29. The van der Waals surface area contributed by atoms with Crippen molar-refractivity contribution < 1.29 is 33.5 Å². The number of amides is 1. The third-order valence-electron chi connectivity index (χ3n) is 4.78. The number of rotatable bonds is 9. The van der Waals surface area contributed by atoms with Crippen molar-refractivity contribution in [2.75, 3.05) is 21.3 Å². The van der Waals surface area contributed by atoms with Crippen LogP contribution in [0.1, 0.15) is 26.3 Å². The zero-order chi connectivity index (χ0) is 26.2. The summed E-state index contributed by atoms with van der Waals surface area (Å²) in [6.07, 6.45) is 1.24. The van der Waals surface area contributed by atoms with E-state index in [1.807, 2.05) is 0 Å². The third-order valence-corrected chi connectivity index (χ3v) is 5.02. The van der Waals surface area contributed by atoms with Gasteiger partial charge in [0.2, 0.25) is 5.75 Å². The Hall–Kier alpha value is -4.64. The highest BCUT2D eigenvalue weighted by Gasteiger charge is 2.19. The molecule has 1 N–H and O–H groups in total. The Kier molecular flexibility index (Phi) is 8.42. The number of halogens is 1. The molecule has 0 unspecified atom stereocenters.